The summed E-state index contributed by atoms with van der Waals surface area (Å²) in [4.78, 5) is 3.83. The molecule has 1 aromatic heterocycles. The highest BCUT2D eigenvalue weighted by molar-refractivity contribution is 5.65. The van der Waals surface area contributed by atoms with Crippen LogP contribution in [0.3, 0.4) is 0 Å². The molecule has 0 bridgehead atoms. The van der Waals surface area contributed by atoms with Gasteiger partial charge in [-0.2, -0.15) is 18.4 Å². The van der Waals surface area contributed by atoms with Gasteiger partial charge in [0.15, 0.2) is 0 Å². The zero-order valence-corrected chi connectivity index (χ0v) is 9.78. The van der Waals surface area contributed by atoms with E-state index in [1.54, 1.807) is 36.4 Å². The third kappa shape index (κ3) is 2.74. The molecule has 0 saturated carbocycles. The second-order valence-electron chi connectivity index (χ2n) is 3.89. The minimum Gasteiger partial charge on any atom is -0.256 e. The lowest BCUT2D eigenvalue weighted by Crippen LogP contribution is -2.12. The summed E-state index contributed by atoms with van der Waals surface area (Å²) in [5.41, 5.74) is -0.637. The molecule has 1 heterocycles. The molecule has 19 heavy (non-hydrogen) atoms. The molecule has 0 aliphatic heterocycles. The van der Waals surface area contributed by atoms with Gasteiger partial charge >= 0.3 is 6.18 Å². The van der Waals surface area contributed by atoms with Crippen LogP contribution in [0.4, 0.5) is 13.2 Å². The maximum Gasteiger partial charge on any atom is 0.418 e. The summed E-state index contributed by atoms with van der Waals surface area (Å²) in [5.74, 6) is 0. The van der Waals surface area contributed by atoms with Crippen LogP contribution in [-0.2, 0) is 12.6 Å². The molecular formula is C14H9F3N2. The molecule has 0 fully saturated rings. The summed E-state index contributed by atoms with van der Waals surface area (Å²) in [6.07, 6.45) is -3.53. The monoisotopic (exact) mass is 262 g/mol. The average molecular weight is 262 g/mol. The molecule has 2 aromatic rings. The Morgan fingerprint density at radius 3 is 2.37 bits per heavy atom. The van der Waals surface area contributed by atoms with Crippen LogP contribution in [0, 0.1) is 11.3 Å². The van der Waals surface area contributed by atoms with E-state index in [1.807, 2.05) is 0 Å². The van der Waals surface area contributed by atoms with Crippen molar-refractivity contribution >= 4 is 0 Å². The molecule has 2 nitrogen and oxygen atoms in total. The van der Waals surface area contributed by atoms with Crippen LogP contribution in [-0.4, -0.2) is 4.98 Å². The molecule has 0 amide bonds. The van der Waals surface area contributed by atoms with Crippen LogP contribution in [0.25, 0.3) is 11.3 Å². The number of nitrogens with zero attached hydrogens (tertiary/aromatic N) is 2. The first kappa shape index (κ1) is 13.1. The average Bonchev–Trinajstić information content (AvgIpc) is 2.38. The van der Waals surface area contributed by atoms with Crippen molar-refractivity contribution in [1.29, 1.82) is 5.26 Å². The van der Waals surface area contributed by atoms with E-state index in [0.717, 1.165) is 0 Å². The molecule has 5 heteroatoms. The van der Waals surface area contributed by atoms with Gasteiger partial charge in [-0.1, -0.05) is 30.3 Å². The summed E-state index contributed by atoms with van der Waals surface area (Å²) in [6.45, 7) is 0. The summed E-state index contributed by atoms with van der Waals surface area (Å²) >= 11 is 0. The van der Waals surface area contributed by atoms with Crippen LogP contribution in [0.1, 0.15) is 11.1 Å². The molecule has 0 radical (unpaired) electrons. The van der Waals surface area contributed by atoms with Crippen molar-refractivity contribution in [3.8, 4) is 17.3 Å². The first-order valence-corrected chi connectivity index (χ1v) is 5.51. The number of halogens is 3. The second kappa shape index (κ2) is 5.11. The SMILES string of the molecule is N#CCc1ccnc(-c2ccccc2)c1C(F)(F)F. The lowest BCUT2D eigenvalue weighted by molar-refractivity contribution is -0.137. The van der Waals surface area contributed by atoms with Crippen molar-refractivity contribution in [3.05, 3.63) is 53.7 Å². The Labute approximate surface area is 108 Å². The van der Waals surface area contributed by atoms with Crippen molar-refractivity contribution in [1.82, 2.24) is 4.98 Å². The number of pyridine rings is 1. The summed E-state index contributed by atoms with van der Waals surface area (Å²) in [6, 6.07) is 11.1. The van der Waals surface area contributed by atoms with E-state index in [2.05, 4.69) is 4.98 Å². The van der Waals surface area contributed by atoms with Crippen molar-refractivity contribution in [2.75, 3.05) is 0 Å². The number of aromatic nitrogens is 1. The summed E-state index contributed by atoms with van der Waals surface area (Å²) in [5, 5.41) is 8.63. The first-order valence-electron chi connectivity index (χ1n) is 5.51. The normalized spacial score (nSPS) is 11.1. The Hall–Kier alpha value is -2.35. The van der Waals surface area contributed by atoms with E-state index in [1.165, 1.54) is 12.3 Å². The third-order valence-corrected chi connectivity index (χ3v) is 2.64. The number of alkyl halides is 3. The standard InChI is InChI=1S/C14H9F3N2/c15-14(16,17)12-10(6-8-18)7-9-19-13(12)11-4-2-1-3-5-11/h1-5,7,9H,6H2. The van der Waals surface area contributed by atoms with E-state index in [0.29, 0.717) is 5.56 Å². The summed E-state index contributed by atoms with van der Waals surface area (Å²) in [7, 11) is 0. The highest BCUT2D eigenvalue weighted by Crippen LogP contribution is 2.38. The second-order valence-corrected chi connectivity index (χ2v) is 3.89. The first-order chi connectivity index (χ1) is 9.04. The van der Waals surface area contributed by atoms with Gasteiger partial charge in [-0.25, -0.2) is 0 Å². The van der Waals surface area contributed by atoms with Gasteiger partial charge in [-0.3, -0.25) is 4.98 Å². The molecule has 0 atom stereocenters. The Balaban J connectivity index is 2.68. The molecule has 2 rings (SSSR count). The molecule has 0 saturated heterocycles. The molecule has 0 unspecified atom stereocenters. The minimum atomic E-state index is -4.54. The van der Waals surface area contributed by atoms with Crippen LogP contribution in [0.15, 0.2) is 42.6 Å². The maximum atomic E-state index is 13.2. The third-order valence-electron chi connectivity index (χ3n) is 2.64. The number of nitriles is 1. The number of benzene rings is 1. The quantitative estimate of drug-likeness (QED) is 0.824. The lowest BCUT2D eigenvalue weighted by atomic mass is 9.99. The smallest absolute Gasteiger partial charge is 0.256 e. The van der Waals surface area contributed by atoms with E-state index in [4.69, 9.17) is 5.26 Å². The Bertz CT molecular complexity index is 613. The highest BCUT2D eigenvalue weighted by Gasteiger charge is 2.37. The van der Waals surface area contributed by atoms with Crippen molar-refractivity contribution < 1.29 is 13.2 Å². The van der Waals surface area contributed by atoms with Crippen LogP contribution in [0.2, 0.25) is 0 Å². The minimum absolute atomic E-state index is 0.0520. The van der Waals surface area contributed by atoms with E-state index in [9.17, 15) is 13.2 Å². The van der Waals surface area contributed by atoms with Gasteiger partial charge in [0.05, 0.1) is 23.7 Å². The van der Waals surface area contributed by atoms with E-state index < -0.39 is 11.7 Å². The zero-order valence-electron chi connectivity index (χ0n) is 9.78. The number of rotatable bonds is 2. The zero-order chi connectivity index (χ0) is 13.9. The molecule has 96 valence electrons. The topological polar surface area (TPSA) is 36.7 Å². The molecule has 0 aliphatic rings. The Morgan fingerprint density at radius 1 is 1.11 bits per heavy atom. The van der Waals surface area contributed by atoms with Gasteiger partial charge in [0.1, 0.15) is 0 Å². The van der Waals surface area contributed by atoms with Crippen LogP contribution in [0.5, 0.6) is 0 Å². The maximum absolute atomic E-state index is 13.2. The fourth-order valence-electron chi connectivity index (χ4n) is 1.87. The van der Waals surface area contributed by atoms with E-state index >= 15 is 0 Å². The fraction of sp³-hybridized carbons (Fsp3) is 0.143. The number of hydrogen-bond donors (Lipinski definition) is 0. The molecular weight excluding hydrogens is 253 g/mol. The van der Waals surface area contributed by atoms with Crippen molar-refractivity contribution in [3.63, 3.8) is 0 Å². The Kier molecular flexibility index (Phi) is 3.52. The van der Waals surface area contributed by atoms with E-state index in [-0.39, 0.29) is 17.7 Å². The summed E-state index contributed by atoms with van der Waals surface area (Å²) < 4.78 is 39.5. The molecule has 1 aromatic carbocycles. The number of hydrogen-bond acceptors (Lipinski definition) is 2. The lowest BCUT2D eigenvalue weighted by Gasteiger charge is -2.15. The van der Waals surface area contributed by atoms with Gasteiger partial charge < -0.3 is 0 Å². The molecule has 0 spiro atoms. The van der Waals surface area contributed by atoms with Gasteiger partial charge in [0.2, 0.25) is 0 Å². The Morgan fingerprint density at radius 2 is 1.79 bits per heavy atom. The largest absolute Gasteiger partial charge is 0.418 e. The van der Waals surface area contributed by atoms with Crippen LogP contribution >= 0.6 is 0 Å². The van der Waals surface area contributed by atoms with Crippen LogP contribution < -0.4 is 0 Å². The van der Waals surface area contributed by atoms with Crippen molar-refractivity contribution in [2.45, 2.75) is 12.6 Å². The van der Waals surface area contributed by atoms with Gasteiger partial charge in [0.25, 0.3) is 0 Å². The molecule has 0 N–H and O–H groups in total. The van der Waals surface area contributed by atoms with Gasteiger partial charge in [-0.15, -0.1) is 0 Å². The van der Waals surface area contributed by atoms with Gasteiger partial charge in [0, 0.05) is 11.8 Å². The predicted molar refractivity (Wildman–Crippen MR) is 64.0 cm³/mol. The highest BCUT2D eigenvalue weighted by atomic mass is 19.4. The van der Waals surface area contributed by atoms with Gasteiger partial charge in [-0.05, 0) is 11.6 Å². The predicted octanol–water partition coefficient (Wildman–Crippen LogP) is 3.83. The fourth-order valence-corrected chi connectivity index (χ4v) is 1.87. The molecule has 0 aliphatic carbocycles. The van der Waals surface area contributed by atoms with Crippen molar-refractivity contribution in [2.24, 2.45) is 0 Å².